The number of carbonyl (C=O) groups is 4. The first-order valence-electron chi connectivity index (χ1n) is 3.73. The molecule has 8 nitrogen and oxygen atoms in total. The van der Waals surface area contributed by atoms with E-state index in [4.69, 9.17) is 16.6 Å². The van der Waals surface area contributed by atoms with Crippen LogP contribution >= 0.6 is 0 Å². The molecule has 3 amide bonds. The highest BCUT2D eigenvalue weighted by atomic mass is 16.4. The van der Waals surface area contributed by atoms with Crippen LogP contribution in [-0.2, 0) is 19.2 Å². The summed E-state index contributed by atoms with van der Waals surface area (Å²) < 4.78 is 0. The minimum atomic E-state index is -1.72. The van der Waals surface area contributed by atoms with Gasteiger partial charge < -0.3 is 21.9 Å². The summed E-state index contributed by atoms with van der Waals surface area (Å²) >= 11 is 0. The van der Waals surface area contributed by atoms with Gasteiger partial charge in [0.05, 0.1) is 0 Å². The molecule has 0 bridgehead atoms. The van der Waals surface area contributed by atoms with Gasteiger partial charge in [-0.15, -0.1) is 0 Å². The van der Waals surface area contributed by atoms with Crippen LogP contribution < -0.4 is 16.8 Å². The van der Waals surface area contributed by atoms with Gasteiger partial charge in [-0.1, -0.05) is 0 Å². The van der Waals surface area contributed by atoms with E-state index in [0.717, 1.165) is 6.92 Å². The van der Waals surface area contributed by atoms with Gasteiger partial charge in [-0.2, -0.15) is 0 Å². The van der Waals surface area contributed by atoms with Crippen molar-refractivity contribution in [1.82, 2.24) is 5.32 Å². The molecule has 1 radical (unpaired) electrons. The van der Waals surface area contributed by atoms with Crippen molar-refractivity contribution in [3.05, 3.63) is 5.92 Å². The summed E-state index contributed by atoms with van der Waals surface area (Å²) in [6.07, 6.45) is 0. The van der Waals surface area contributed by atoms with E-state index in [2.05, 4.69) is 0 Å². The zero-order chi connectivity index (χ0) is 12.2. The maximum absolute atomic E-state index is 10.8. The second kappa shape index (κ2) is 4.94. The lowest BCUT2D eigenvalue weighted by Crippen LogP contribution is -2.53. The highest BCUT2D eigenvalue weighted by molar-refractivity contribution is 6.16. The minimum absolute atomic E-state index is 0.709. The molecule has 1 atom stereocenters. The van der Waals surface area contributed by atoms with Crippen LogP contribution in [0, 0.1) is 5.92 Å². The Bertz CT molecular complexity index is 300. The molecule has 0 saturated heterocycles. The van der Waals surface area contributed by atoms with E-state index >= 15 is 0 Å². The third-order valence-electron chi connectivity index (χ3n) is 1.42. The number of carbonyl (C=O) groups excluding carboxylic acids is 3. The summed E-state index contributed by atoms with van der Waals surface area (Å²) in [5.41, 5.74) is 9.55. The third-order valence-corrected chi connectivity index (χ3v) is 1.42. The number of primary amides is 2. The summed E-state index contributed by atoms with van der Waals surface area (Å²) in [4.78, 5) is 42.7. The summed E-state index contributed by atoms with van der Waals surface area (Å²) in [7, 11) is 0. The van der Waals surface area contributed by atoms with Crippen molar-refractivity contribution in [3.8, 4) is 0 Å². The first-order valence-corrected chi connectivity index (χ1v) is 3.73. The van der Waals surface area contributed by atoms with Crippen LogP contribution in [0.5, 0.6) is 0 Å². The fraction of sp³-hybridized carbons (Fsp3) is 0.286. The van der Waals surface area contributed by atoms with Gasteiger partial charge in [0, 0.05) is 6.92 Å². The Morgan fingerprint density at radius 1 is 1.20 bits per heavy atom. The molecule has 1 unspecified atom stereocenters. The predicted octanol–water partition coefficient (Wildman–Crippen LogP) is -2.88. The van der Waals surface area contributed by atoms with E-state index in [9.17, 15) is 19.2 Å². The Labute approximate surface area is 84.6 Å². The average molecular weight is 216 g/mol. The van der Waals surface area contributed by atoms with Crippen LogP contribution in [0.3, 0.4) is 0 Å². The molecule has 0 aromatic carbocycles. The molecule has 0 aromatic rings. The Morgan fingerprint density at radius 3 is 1.87 bits per heavy atom. The fourth-order valence-electron chi connectivity index (χ4n) is 0.860. The Morgan fingerprint density at radius 2 is 1.67 bits per heavy atom. The second-order valence-corrected chi connectivity index (χ2v) is 2.62. The number of amides is 3. The smallest absolute Gasteiger partial charge is 0.323 e. The van der Waals surface area contributed by atoms with Crippen LogP contribution in [-0.4, -0.2) is 34.8 Å². The van der Waals surface area contributed by atoms with E-state index in [1.807, 2.05) is 5.32 Å². The fourth-order valence-corrected chi connectivity index (χ4v) is 0.860. The number of nitrogens with one attached hydrogen (secondary N) is 1. The number of carboxylic acid groups (broad SMARTS) is 1. The maximum atomic E-state index is 10.8. The number of hydrogen-bond acceptors (Lipinski definition) is 4. The van der Waals surface area contributed by atoms with Crippen molar-refractivity contribution in [2.75, 3.05) is 0 Å². The number of rotatable bonds is 5. The maximum Gasteiger partial charge on any atom is 0.323 e. The van der Waals surface area contributed by atoms with E-state index in [1.165, 1.54) is 0 Å². The molecule has 0 aliphatic heterocycles. The lowest BCUT2D eigenvalue weighted by molar-refractivity contribution is -0.140. The van der Waals surface area contributed by atoms with E-state index in [0.29, 0.717) is 0 Å². The monoisotopic (exact) mass is 216 g/mol. The van der Waals surface area contributed by atoms with E-state index in [-0.39, 0.29) is 0 Å². The molecule has 15 heavy (non-hydrogen) atoms. The average Bonchev–Trinajstić information content (AvgIpc) is 2.00. The Balaban J connectivity index is 5.01. The summed E-state index contributed by atoms with van der Waals surface area (Å²) in [5.74, 6) is -5.90. The second-order valence-electron chi connectivity index (χ2n) is 2.62. The van der Waals surface area contributed by atoms with Gasteiger partial charge in [0.25, 0.3) is 0 Å². The first kappa shape index (κ1) is 12.9. The summed E-state index contributed by atoms with van der Waals surface area (Å²) in [5, 5.41) is 10.5. The molecule has 0 aromatic heterocycles. The molecule has 0 aliphatic carbocycles. The lowest BCUT2D eigenvalue weighted by atomic mass is 9.98. The lowest BCUT2D eigenvalue weighted by Gasteiger charge is -2.17. The number of nitrogens with two attached hydrogens (primary N) is 2. The molecule has 0 heterocycles. The highest BCUT2D eigenvalue weighted by Gasteiger charge is 2.38. The molecule has 0 rings (SSSR count). The van der Waals surface area contributed by atoms with Crippen molar-refractivity contribution in [3.63, 3.8) is 0 Å². The number of hydrogen-bond donors (Lipinski definition) is 4. The molecule has 0 saturated carbocycles. The topological polar surface area (TPSA) is 153 Å². The molecule has 6 N–H and O–H groups in total. The molecular weight excluding hydrogens is 206 g/mol. The molecule has 0 aliphatic rings. The number of carboxylic acids is 1. The normalized spacial score (nSPS) is 11.9. The number of aliphatic carboxylic acids is 1. The van der Waals surface area contributed by atoms with Gasteiger partial charge in [0.1, 0.15) is 6.04 Å². The van der Waals surface area contributed by atoms with Crippen molar-refractivity contribution in [2.45, 2.75) is 13.0 Å². The van der Waals surface area contributed by atoms with Crippen LogP contribution in [0.15, 0.2) is 0 Å². The predicted molar refractivity (Wildman–Crippen MR) is 46.9 cm³/mol. The van der Waals surface area contributed by atoms with Crippen molar-refractivity contribution in [2.24, 2.45) is 11.5 Å². The standard InChI is InChI=1S/C7H10N3O5/c1-2(11)10-4(6(9)13)3(5(8)12)7(14)15/h4H,1H3,(H2,8,12)(H2,9,13)(H,10,11)(H,14,15). The Hall–Kier alpha value is -2.12. The molecular formula is C7H10N3O5. The van der Waals surface area contributed by atoms with Crippen LogP contribution in [0.2, 0.25) is 0 Å². The van der Waals surface area contributed by atoms with Gasteiger partial charge in [0.2, 0.25) is 23.6 Å². The van der Waals surface area contributed by atoms with Crippen molar-refractivity contribution in [1.29, 1.82) is 0 Å². The highest BCUT2D eigenvalue weighted by Crippen LogP contribution is 2.06. The Kier molecular flexibility index (Phi) is 4.24. The van der Waals surface area contributed by atoms with Crippen molar-refractivity contribution >= 4 is 23.7 Å². The van der Waals surface area contributed by atoms with Gasteiger partial charge in [0.15, 0.2) is 0 Å². The quantitative estimate of drug-likeness (QED) is 0.363. The van der Waals surface area contributed by atoms with Crippen LogP contribution in [0.4, 0.5) is 0 Å². The largest absolute Gasteiger partial charge is 0.480 e. The molecule has 0 spiro atoms. The van der Waals surface area contributed by atoms with Gasteiger partial charge in [-0.25, -0.2) is 0 Å². The van der Waals surface area contributed by atoms with E-state index in [1.54, 1.807) is 0 Å². The zero-order valence-electron chi connectivity index (χ0n) is 7.81. The van der Waals surface area contributed by atoms with Crippen LogP contribution in [0.1, 0.15) is 6.92 Å². The van der Waals surface area contributed by atoms with Gasteiger partial charge >= 0.3 is 5.97 Å². The van der Waals surface area contributed by atoms with E-state index < -0.39 is 35.7 Å². The van der Waals surface area contributed by atoms with Crippen LogP contribution in [0.25, 0.3) is 0 Å². The first-order chi connectivity index (χ1) is 6.77. The summed E-state index contributed by atoms with van der Waals surface area (Å²) in [6.45, 7) is 1.04. The SMILES string of the molecule is CC(=O)NC([C](C(N)=O)C(=O)O)C(N)=O. The summed E-state index contributed by atoms with van der Waals surface area (Å²) in [6, 6.07) is -1.72. The zero-order valence-corrected chi connectivity index (χ0v) is 7.81. The minimum Gasteiger partial charge on any atom is -0.480 e. The third kappa shape index (κ3) is 3.63. The molecule has 0 fully saturated rings. The molecule has 83 valence electrons. The van der Waals surface area contributed by atoms with Gasteiger partial charge in [-0.3, -0.25) is 19.2 Å². The van der Waals surface area contributed by atoms with Crippen molar-refractivity contribution < 1.29 is 24.3 Å². The molecule has 8 heteroatoms. The van der Waals surface area contributed by atoms with Gasteiger partial charge in [-0.05, 0) is 0 Å².